The molecule has 1 aromatic heterocycles. The molecule has 0 unspecified atom stereocenters. The smallest absolute Gasteiger partial charge is 0.357 e. The van der Waals surface area contributed by atoms with Gasteiger partial charge in [-0.15, -0.1) is 0 Å². The van der Waals surface area contributed by atoms with Gasteiger partial charge in [-0.05, 0) is 48.4 Å². The van der Waals surface area contributed by atoms with Crippen LogP contribution in [0.5, 0.6) is 0 Å². The Bertz CT molecular complexity index is 858. The molecule has 154 valence electrons. The van der Waals surface area contributed by atoms with E-state index < -0.39 is 11.7 Å². The highest BCUT2D eigenvalue weighted by Crippen LogP contribution is 2.31. The first-order chi connectivity index (χ1) is 13.9. The van der Waals surface area contributed by atoms with Crippen molar-refractivity contribution in [3.05, 3.63) is 59.3 Å². The second kappa shape index (κ2) is 8.05. The highest BCUT2D eigenvalue weighted by atomic mass is 19.4. The van der Waals surface area contributed by atoms with Crippen LogP contribution in [-0.2, 0) is 23.9 Å². The number of hydrogen-bond donors (Lipinski definition) is 0. The minimum absolute atomic E-state index is 0.200. The Morgan fingerprint density at radius 3 is 2.41 bits per heavy atom. The molecule has 4 rings (SSSR count). The predicted molar refractivity (Wildman–Crippen MR) is 104 cm³/mol. The molecule has 1 amide bonds. The summed E-state index contributed by atoms with van der Waals surface area (Å²) in [6, 6.07) is 10.8. The number of pyridine rings is 1. The van der Waals surface area contributed by atoms with E-state index in [1.54, 1.807) is 0 Å². The molecule has 0 saturated carbocycles. The third kappa shape index (κ3) is 4.54. The Labute approximate surface area is 168 Å². The number of halogens is 3. The number of piperidine rings is 1. The van der Waals surface area contributed by atoms with Gasteiger partial charge in [0.05, 0.1) is 5.56 Å². The van der Waals surface area contributed by atoms with Crippen molar-refractivity contribution in [3.8, 4) is 0 Å². The Hall–Kier alpha value is -2.57. The quantitative estimate of drug-likeness (QED) is 0.767. The van der Waals surface area contributed by atoms with Crippen molar-refractivity contribution in [2.24, 2.45) is 5.92 Å². The van der Waals surface area contributed by atoms with Crippen LogP contribution in [0.3, 0.4) is 0 Å². The molecule has 0 N–H and O–H groups in total. The van der Waals surface area contributed by atoms with E-state index in [0.717, 1.165) is 38.1 Å². The summed E-state index contributed by atoms with van der Waals surface area (Å²) in [7, 11) is 0. The van der Waals surface area contributed by atoms with Gasteiger partial charge in [0.2, 0.25) is 5.91 Å². The zero-order chi connectivity index (χ0) is 20.4. The van der Waals surface area contributed by atoms with Crippen LogP contribution in [0, 0.1) is 5.92 Å². The Balaban J connectivity index is 1.28. The molecule has 3 heterocycles. The van der Waals surface area contributed by atoms with Crippen molar-refractivity contribution in [1.29, 1.82) is 0 Å². The zero-order valence-electron chi connectivity index (χ0n) is 16.2. The number of anilines is 1. The van der Waals surface area contributed by atoms with Crippen LogP contribution >= 0.6 is 0 Å². The van der Waals surface area contributed by atoms with E-state index in [9.17, 15) is 18.0 Å². The molecule has 0 atom stereocenters. The number of amides is 1. The van der Waals surface area contributed by atoms with Crippen LogP contribution in [-0.4, -0.2) is 35.4 Å². The number of carbonyl (C=O) groups is 1. The number of alkyl halides is 3. The topological polar surface area (TPSA) is 36.4 Å². The summed E-state index contributed by atoms with van der Waals surface area (Å²) in [4.78, 5) is 20.7. The highest BCUT2D eigenvalue weighted by molar-refractivity contribution is 5.76. The van der Waals surface area contributed by atoms with Gasteiger partial charge in [0.1, 0.15) is 5.82 Å². The highest BCUT2D eigenvalue weighted by Gasteiger charge is 2.31. The van der Waals surface area contributed by atoms with E-state index in [0.29, 0.717) is 37.8 Å². The maximum absolute atomic E-state index is 12.8. The number of nitrogens with zero attached hydrogens (tertiary/aromatic N) is 3. The summed E-state index contributed by atoms with van der Waals surface area (Å²) in [6.45, 7) is 2.87. The van der Waals surface area contributed by atoms with Crippen molar-refractivity contribution in [1.82, 2.24) is 9.88 Å². The predicted octanol–water partition coefficient (Wildman–Crippen LogP) is 4.29. The monoisotopic (exact) mass is 403 g/mol. The summed E-state index contributed by atoms with van der Waals surface area (Å²) >= 11 is 0. The van der Waals surface area contributed by atoms with E-state index in [1.165, 1.54) is 17.2 Å². The van der Waals surface area contributed by atoms with Crippen molar-refractivity contribution < 1.29 is 18.0 Å². The summed E-state index contributed by atoms with van der Waals surface area (Å²) in [6.07, 6.45) is -0.346. The number of aromatic nitrogens is 1. The van der Waals surface area contributed by atoms with Gasteiger partial charge in [0.15, 0.2) is 0 Å². The number of carbonyl (C=O) groups excluding carboxylic acids is 1. The number of rotatable bonds is 3. The normalized spacial score (nSPS) is 17.9. The fourth-order valence-electron chi connectivity index (χ4n) is 4.19. The SMILES string of the molecule is O=C(CC1CCN(c2ccc(C(F)(F)F)cn2)CC1)N1CCc2ccccc2C1. The lowest BCUT2D eigenvalue weighted by molar-refractivity contribution is -0.137. The van der Waals surface area contributed by atoms with Crippen LogP contribution in [0.1, 0.15) is 36.0 Å². The maximum atomic E-state index is 12.8. The summed E-state index contributed by atoms with van der Waals surface area (Å²) < 4.78 is 38.0. The van der Waals surface area contributed by atoms with Gasteiger partial charge in [-0.1, -0.05) is 24.3 Å². The van der Waals surface area contributed by atoms with Gasteiger partial charge in [-0.25, -0.2) is 4.98 Å². The molecule has 0 bridgehead atoms. The van der Waals surface area contributed by atoms with Crippen molar-refractivity contribution in [2.75, 3.05) is 24.5 Å². The largest absolute Gasteiger partial charge is 0.417 e. The van der Waals surface area contributed by atoms with Gasteiger partial charge >= 0.3 is 6.18 Å². The van der Waals surface area contributed by atoms with E-state index >= 15 is 0 Å². The fraction of sp³-hybridized carbons (Fsp3) is 0.455. The van der Waals surface area contributed by atoms with Gasteiger partial charge in [-0.3, -0.25) is 4.79 Å². The van der Waals surface area contributed by atoms with Gasteiger partial charge in [0, 0.05) is 38.8 Å². The van der Waals surface area contributed by atoms with Crippen molar-refractivity contribution in [3.63, 3.8) is 0 Å². The zero-order valence-corrected chi connectivity index (χ0v) is 16.2. The van der Waals surface area contributed by atoms with Gasteiger partial charge < -0.3 is 9.80 Å². The minimum Gasteiger partial charge on any atom is -0.357 e. The fourth-order valence-corrected chi connectivity index (χ4v) is 4.19. The molecule has 7 heteroatoms. The van der Waals surface area contributed by atoms with Crippen LogP contribution in [0.2, 0.25) is 0 Å². The number of hydrogen-bond acceptors (Lipinski definition) is 3. The lowest BCUT2D eigenvalue weighted by atomic mass is 9.92. The van der Waals surface area contributed by atoms with Crippen LogP contribution in [0.25, 0.3) is 0 Å². The first kappa shape index (κ1) is 19.7. The standard InChI is InChI=1S/C22H24F3N3O/c23-22(24,25)19-5-6-20(26-14-19)27-10-7-16(8-11-27)13-21(29)28-12-9-17-3-1-2-4-18(17)15-28/h1-6,14,16H,7-13,15H2. The van der Waals surface area contributed by atoms with Crippen LogP contribution in [0.4, 0.5) is 19.0 Å². The molecule has 2 aliphatic heterocycles. The molecule has 0 radical (unpaired) electrons. The molecule has 1 saturated heterocycles. The van der Waals surface area contributed by atoms with E-state index in [1.807, 2.05) is 21.9 Å². The minimum atomic E-state index is -4.37. The average Bonchev–Trinajstić information content (AvgIpc) is 2.73. The van der Waals surface area contributed by atoms with Crippen LogP contribution in [0.15, 0.2) is 42.6 Å². The number of benzene rings is 1. The van der Waals surface area contributed by atoms with E-state index in [-0.39, 0.29) is 5.91 Å². The molecule has 0 aliphatic carbocycles. The summed E-state index contributed by atoms with van der Waals surface area (Å²) in [5, 5.41) is 0. The van der Waals surface area contributed by atoms with Crippen LogP contribution < -0.4 is 4.90 Å². The second-order valence-corrected chi connectivity index (χ2v) is 7.87. The summed E-state index contributed by atoms with van der Waals surface area (Å²) in [5.41, 5.74) is 1.83. The Morgan fingerprint density at radius 1 is 1.03 bits per heavy atom. The third-order valence-electron chi connectivity index (χ3n) is 5.96. The van der Waals surface area contributed by atoms with E-state index in [2.05, 4.69) is 17.1 Å². The molecule has 4 nitrogen and oxygen atoms in total. The molecular weight excluding hydrogens is 379 g/mol. The molecule has 1 fully saturated rings. The first-order valence-electron chi connectivity index (χ1n) is 10.0. The second-order valence-electron chi connectivity index (χ2n) is 7.87. The summed E-state index contributed by atoms with van der Waals surface area (Å²) in [5.74, 6) is 1.08. The third-order valence-corrected chi connectivity index (χ3v) is 5.96. The molecule has 2 aromatic rings. The van der Waals surface area contributed by atoms with Crippen molar-refractivity contribution in [2.45, 2.75) is 38.4 Å². The Morgan fingerprint density at radius 2 is 1.76 bits per heavy atom. The Kier molecular flexibility index (Phi) is 5.48. The lowest BCUT2D eigenvalue weighted by Crippen LogP contribution is -2.39. The molecule has 0 spiro atoms. The van der Waals surface area contributed by atoms with Crippen molar-refractivity contribution >= 4 is 11.7 Å². The van der Waals surface area contributed by atoms with Gasteiger partial charge in [-0.2, -0.15) is 13.2 Å². The first-order valence-corrected chi connectivity index (χ1v) is 10.0. The van der Waals surface area contributed by atoms with E-state index in [4.69, 9.17) is 0 Å². The number of fused-ring (bicyclic) bond motifs is 1. The van der Waals surface area contributed by atoms with Gasteiger partial charge in [0.25, 0.3) is 0 Å². The molecule has 29 heavy (non-hydrogen) atoms. The average molecular weight is 403 g/mol. The molecule has 1 aromatic carbocycles. The lowest BCUT2D eigenvalue weighted by Gasteiger charge is -2.34. The maximum Gasteiger partial charge on any atom is 0.417 e. The molecule has 2 aliphatic rings. The molecular formula is C22H24F3N3O.